The Hall–Kier alpha value is -3.86. The van der Waals surface area contributed by atoms with Crippen molar-refractivity contribution in [3.05, 3.63) is 75.8 Å². The summed E-state index contributed by atoms with van der Waals surface area (Å²) in [4.78, 5) is 48.5. The van der Waals surface area contributed by atoms with E-state index in [9.17, 15) is 24.5 Å². The van der Waals surface area contributed by atoms with Crippen molar-refractivity contribution in [1.82, 2.24) is 21.1 Å². The van der Waals surface area contributed by atoms with Crippen LogP contribution in [0.15, 0.2) is 54.6 Å². The third kappa shape index (κ3) is 5.82. The Balaban J connectivity index is 1.47. The van der Waals surface area contributed by atoms with Crippen LogP contribution in [0.25, 0.3) is 0 Å². The van der Waals surface area contributed by atoms with Crippen LogP contribution in [0.1, 0.15) is 22.3 Å². The molecule has 3 rings (SSSR count). The van der Waals surface area contributed by atoms with Crippen LogP contribution in [0.5, 0.6) is 0 Å². The van der Waals surface area contributed by atoms with Gasteiger partial charge in [0.15, 0.2) is 5.11 Å². The van der Waals surface area contributed by atoms with E-state index in [0.717, 1.165) is 11.6 Å². The molecule has 0 bridgehead atoms. The molecule has 160 valence electrons. The molecule has 3 amide bonds. The number of nitro benzene ring substituents is 1. The zero-order valence-corrected chi connectivity index (χ0v) is 17.1. The first-order valence-electron chi connectivity index (χ1n) is 9.31. The minimum Gasteiger partial charge on any atom is -0.338 e. The van der Waals surface area contributed by atoms with Crippen molar-refractivity contribution in [2.24, 2.45) is 5.92 Å². The molecular formula is C20H19N5O5S. The highest BCUT2D eigenvalue weighted by Gasteiger charge is 2.34. The standard InChI is InChI=1S/C20H19N5O5S/c26-17-10-15(12-24(17)11-13-5-2-1-3-6-13)19(28)22-23-20(31)21-18(27)14-7-4-8-16(9-14)25(29)30/h1-9,15H,10-12H2,(H,22,28)(H2,21,23,27,31). The first kappa shape index (κ1) is 21.8. The Morgan fingerprint density at radius 2 is 1.87 bits per heavy atom. The number of non-ortho nitro benzene ring substituents is 1. The first-order chi connectivity index (χ1) is 14.8. The van der Waals surface area contributed by atoms with Gasteiger partial charge in [-0.15, -0.1) is 0 Å². The third-order valence-electron chi connectivity index (χ3n) is 4.65. The van der Waals surface area contributed by atoms with E-state index in [0.29, 0.717) is 6.54 Å². The van der Waals surface area contributed by atoms with Crippen LogP contribution in [-0.4, -0.2) is 39.2 Å². The fourth-order valence-corrected chi connectivity index (χ4v) is 3.24. The van der Waals surface area contributed by atoms with Crippen molar-refractivity contribution >= 4 is 40.7 Å². The number of nitrogens with one attached hydrogen (secondary N) is 3. The summed E-state index contributed by atoms with van der Waals surface area (Å²) in [6.45, 7) is 0.697. The van der Waals surface area contributed by atoms with Gasteiger partial charge in [-0.25, -0.2) is 0 Å². The molecular weight excluding hydrogens is 422 g/mol. The van der Waals surface area contributed by atoms with Gasteiger partial charge in [0.25, 0.3) is 11.6 Å². The Morgan fingerprint density at radius 1 is 1.13 bits per heavy atom. The maximum atomic E-state index is 12.4. The molecule has 11 heteroatoms. The second kappa shape index (κ2) is 9.76. The van der Waals surface area contributed by atoms with Gasteiger partial charge in [0, 0.05) is 37.2 Å². The summed E-state index contributed by atoms with van der Waals surface area (Å²) in [5.74, 6) is -1.78. The number of carbonyl (C=O) groups excluding carboxylic acids is 3. The minimum absolute atomic E-state index is 0.0441. The molecule has 1 aliphatic rings. The molecule has 2 aromatic rings. The average molecular weight is 441 g/mol. The fourth-order valence-electron chi connectivity index (χ4n) is 3.09. The predicted molar refractivity (Wildman–Crippen MR) is 114 cm³/mol. The Morgan fingerprint density at radius 3 is 2.58 bits per heavy atom. The van der Waals surface area contributed by atoms with E-state index >= 15 is 0 Å². The van der Waals surface area contributed by atoms with Crippen molar-refractivity contribution in [3.63, 3.8) is 0 Å². The third-order valence-corrected chi connectivity index (χ3v) is 4.85. The summed E-state index contributed by atoms with van der Waals surface area (Å²) in [5.41, 5.74) is 5.58. The quantitative estimate of drug-likeness (QED) is 0.361. The second-order valence-corrected chi connectivity index (χ2v) is 7.27. The number of rotatable bonds is 5. The van der Waals surface area contributed by atoms with Crippen LogP contribution in [0.2, 0.25) is 0 Å². The smallest absolute Gasteiger partial charge is 0.270 e. The van der Waals surface area contributed by atoms with Crippen molar-refractivity contribution < 1.29 is 19.3 Å². The minimum atomic E-state index is -0.666. The molecule has 0 spiro atoms. The van der Waals surface area contributed by atoms with Gasteiger partial charge in [0.05, 0.1) is 10.8 Å². The topological polar surface area (TPSA) is 134 Å². The number of thiocarbonyl (C=S) groups is 1. The summed E-state index contributed by atoms with van der Waals surface area (Å²) >= 11 is 4.97. The molecule has 1 saturated heterocycles. The number of nitro groups is 1. The lowest BCUT2D eigenvalue weighted by molar-refractivity contribution is -0.384. The van der Waals surface area contributed by atoms with E-state index in [4.69, 9.17) is 12.2 Å². The van der Waals surface area contributed by atoms with Gasteiger partial charge in [-0.1, -0.05) is 36.4 Å². The van der Waals surface area contributed by atoms with Gasteiger partial charge >= 0.3 is 0 Å². The van der Waals surface area contributed by atoms with Gasteiger partial charge in [-0.3, -0.25) is 40.7 Å². The summed E-state index contributed by atoms with van der Waals surface area (Å²) in [6, 6.07) is 14.6. The zero-order chi connectivity index (χ0) is 22.4. The van der Waals surface area contributed by atoms with Gasteiger partial charge in [0.2, 0.25) is 11.8 Å². The van der Waals surface area contributed by atoms with Crippen molar-refractivity contribution in [2.45, 2.75) is 13.0 Å². The molecule has 1 atom stereocenters. The summed E-state index contributed by atoms with van der Waals surface area (Å²) in [5, 5.41) is 13.0. The number of hydrazine groups is 1. The average Bonchev–Trinajstić information content (AvgIpc) is 3.13. The maximum absolute atomic E-state index is 12.4. The number of hydrogen-bond acceptors (Lipinski definition) is 6. The molecule has 3 N–H and O–H groups in total. The first-order valence-corrected chi connectivity index (χ1v) is 9.71. The molecule has 1 aliphatic heterocycles. The highest BCUT2D eigenvalue weighted by Crippen LogP contribution is 2.20. The summed E-state index contributed by atoms with van der Waals surface area (Å²) < 4.78 is 0. The molecule has 31 heavy (non-hydrogen) atoms. The number of nitrogens with zero attached hydrogens (tertiary/aromatic N) is 2. The number of hydrogen-bond donors (Lipinski definition) is 3. The highest BCUT2D eigenvalue weighted by molar-refractivity contribution is 7.80. The number of benzene rings is 2. The van der Waals surface area contributed by atoms with Gasteiger partial charge in [0.1, 0.15) is 0 Å². The van der Waals surface area contributed by atoms with Crippen LogP contribution in [0.3, 0.4) is 0 Å². The van der Waals surface area contributed by atoms with E-state index in [1.807, 2.05) is 30.3 Å². The molecule has 2 aromatic carbocycles. The van der Waals surface area contributed by atoms with E-state index in [1.54, 1.807) is 4.90 Å². The Labute approximate surface area is 182 Å². The van der Waals surface area contributed by atoms with Gasteiger partial charge in [-0.2, -0.15) is 0 Å². The SMILES string of the molecule is O=C(NC(=S)NNC(=O)C1CC(=O)N(Cc2ccccc2)C1)c1cccc([N+](=O)[O-])c1. The van der Waals surface area contributed by atoms with Crippen LogP contribution in [0.4, 0.5) is 5.69 Å². The maximum Gasteiger partial charge on any atom is 0.270 e. The monoisotopic (exact) mass is 441 g/mol. The number of likely N-dealkylation sites (tertiary alicyclic amines) is 1. The fraction of sp³-hybridized carbons (Fsp3) is 0.200. The Kier molecular flexibility index (Phi) is 6.88. The lowest BCUT2D eigenvalue weighted by Gasteiger charge is -2.17. The van der Waals surface area contributed by atoms with Crippen LogP contribution < -0.4 is 16.2 Å². The van der Waals surface area contributed by atoms with Crippen molar-refractivity contribution in [2.75, 3.05) is 6.54 Å². The lowest BCUT2D eigenvalue weighted by Crippen LogP contribution is -2.50. The van der Waals surface area contributed by atoms with Gasteiger partial charge < -0.3 is 4.90 Å². The summed E-state index contributed by atoms with van der Waals surface area (Å²) in [6.07, 6.45) is 0.0765. The highest BCUT2D eigenvalue weighted by atomic mass is 32.1. The predicted octanol–water partition coefficient (Wildman–Crippen LogP) is 1.28. The Bertz CT molecular complexity index is 1030. The molecule has 10 nitrogen and oxygen atoms in total. The molecule has 1 unspecified atom stereocenters. The molecule has 0 aliphatic carbocycles. The lowest BCUT2D eigenvalue weighted by atomic mass is 10.1. The van der Waals surface area contributed by atoms with Gasteiger partial charge in [-0.05, 0) is 23.8 Å². The normalized spacial score (nSPS) is 15.3. The number of carbonyl (C=O) groups is 3. The molecule has 0 aromatic heterocycles. The van der Waals surface area contributed by atoms with Crippen molar-refractivity contribution in [1.29, 1.82) is 0 Å². The van der Waals surface area contributed by atoms with Crippen molar-refractivity contribution in [3.8, 4) is 0 Å². The molecule has 0 radical (unpaired) electrons. The van der Waals surface area contributed by atoms with E-state index < -0.39 is 22.7 Å². The zero-order valence-electron chi connectivity index (χ0n) is 16.2. The van der Waals surface area contributed by atoms with E-state index in [-0.39, 0.29) is 35.2 Å². The molecule has 0 saturated carbocycles. The van der Waals surface area contributed by atoms with Crippen LogP contribution >= 0.6 is 12.2 Å². The van der Waals surface area contributed by atoms with Crippen LogP contribution in [-0.2, 0) is 16.1 Å². The number of amides is 3. The van der Waals surface area contributed by atoms with E-state index in [1.165, 1.54) is 18.2 Å². The molecule has 1 fully saturated rings. The largest absolute Gasteiger partial charge is 0.338 e. The van der Waals surface area contributed by atoms with E-state index in [2.05, 4.69) is 16.2 Å². The van der Waals surface area contributed by atoms with Crippen LogP contribution in [0, 0.1) is 16.0 Å². The summed E-state index contributed by atoms with van der Waals surface area (Å²) in [7, 11) is 0. The second-order valence-electron chi connectivity index (χ2n) is 6.87. The molecule has 1 heterocycles.